The summed E-state index contributed by atoms with van der Waals surface area (Å²) in [7, 11) is 0. The van der Waals surface area contributed by atoms with Crippen LogP contribution < -0.4 is 10.2 Å². The second-order valence-corrected chi connectivity index (χ2v) is 13.0. The number of aryl methyl sites for hydroxylation is 3. The Kier molecular flexibility index (Phi) is 5.86. The lowest BCUT2D eigenvalue weighted by atomic mass is 9.48. The van der Waals surface area contributed by atoms with E-state index in [0.29, 0.717) is 16.9 Å². The SMILES string of the molecule is Cc1ccc(-n2nc(C)c(/C=C3\C(=O)NC(=O)N(c4ccc(C56CC7CC(CC(C7)C5)C6)cc4)C3=O)c2C)c(C)c1. The van der Waals surface area contributed by atoms with E-state index >= 15 is 0 Å². The Hall–Kier alpha value is -4.00. The van der Waals surface area contributed by atoms with Crippen LogP contribution in [-0.4, -0.2) is 27.6 Å². The number of rotatable bonds is 4. The molecular formula is C34H36N4O3. The van der Waals surface area contributed by atoms with Gasteiger partial charge in [-0.05, 0) is 125 Å². The fraction of sp³-hybridized carbons (Fsp3) is 0.412. The van der Waals surface area contributed by atoms with Crippen molar-refractivity contribution in [3.05, 3.63) is 81.7 Å². The third-order valence-corrected chi connectivity index (χ3v) is 10.1. The average Bonchev–Trinajstić information content (AvgIpc) is 3.18. The van der Waals surface area contributed by atoms with Gasteiger partial charge in [-0.25, -0.2) is 14.4 Å². The normalized spacial score (nSPS) is 28.1. The summed E-state index contributed by atoms with van der Waals surface area (Å²) in [5.41, 5.74) is 7.32. The van der Waals surface area contributed by atoms with Crippen molar-refractivity contribution in [3.8, 4) is 5.69 Å². The van der Waals surface area contributed by atoms with Gasteiger partial charge in [0.1, 0.15) is 5.57 Å². The number of carbonyl (C=O) groups excluding carboxylic acids is 3. The number of aromatic nitrogens is 2. The van der Waals surface area contributed by atoms with E-state index in [9.17, 15) is 14.4 Å². The highest BCUT2D eigenvalue weighted by Gasteiger charge is 2.51. The lowest BCUT2D eigenvalue weighted by Crippen LogP contribution is -2.54. The van der Waals surface area contributed by atoms with Gasteiger partial charge in [0.25, 0.3) is 11.8 Å². The van der Waals surface area contributed by atoms with Crippen LogP contribution in [0.25, 0.3) is 11.8 Å². The Labute approximate surface area is 240 Å². The zero-order valence-corrected chi connectivity index (χ0v) is 24.2. The van der Waals surface area contributed by atoms with Crippen molar-refractivity contribution in [1.29, 1.82) is 0 Å². The van der Waals surface area contributed by atoms with Gasteiger partial charge in [-0.1, -0.05) is 29.8 Å². The number of anilines is 1. The number of amides is 4. The summed E-state index contributed by atoms with van der Waals surface area (Å²) in [5.74, 6) is 1.18. The van der Waals surface area contributed by atoms with Gasteiger partial charge in [0, 0.05) is 11.3 Å². The predicted octanol–water partition coefficient (Wildman–Crippen LogP) is 6.24. The molecule has 210 valence electrons. The Morgan fingerprint density at radius 1 is 0.878 bits per heavy atom. The van der Waals surface area contributed by atoms with Gasteiger partial charge in [-0.3, -0.25) is 14.9 Å². The van der Waals surface area contributed by atoms with Crippen molar-refractivity contribution < 1.29 is 14.4 Å². The molecule has 0 radical (unpaired) electrons. The van der Waals surface area contributed by atoms with E-state index in [1.165, 1.54) is 44.1 Å². The Balaban J connectivity index is 1.20. The molecule has 1 saturated heterocycles. The minimum absolute atomic E-state index is 0.0823. The van der Waals surface area contributed by atoms with Crippen LogP contribution in [0, 0.1) is 45.4 Å². The first-order valence-corrected chi connectivity index (χ1v) is 14.8. The first kappa shape index (κ1) is 25.9. The minimum atomic E-state index is -0.723. The second kappa shape index (κ2) is 9.26. The van der Waals surface area contributed by atoms with E-state index in [1.54, 1.807) is 6.08 Å². The molecule has 0 unspecified atom stereocenters. The van der Waals surface area contributed by atoms with E-state index in [2.05, 4.69) is 23.5 Å². The zero-order chi connectivity index (χ0) is 28.6. The molecule has 7 nitrogen and oxygen atoms in total. The third-order valence-electron chi connectivity index (χ3n) is 10.1. The number of imide groups is 2. The molecule has 2 heterocycles. The zero-order valence-electron chi connectivity index (χ0n) is 24.2. The van der Waals surface area contributed by atoms with Gasteiger partial charge in [0.05, 0.1) is 17.1 Å². The number of benzene rings is 2. The van der Waals surface area contributed by atoms with E-state index in [-0.39, 0.29) is 11.0 Å². The molecule has 8 rings (SSSR count). The van der Waals surface area contributed by atoms with Crippen LogP contribution in [-0.2, 0) is 15.0 Å². The molecule has 41 heavy (non-hydrogen) atoms. The monoisotopic (exact) mass is 548 g/mol. The molecule has 4 aliphatic carbocycles. The van der Waals surface area contributed by atoms with Gasteiger partial charge >= 0.3 is 6.03 Å². The predicted molar refractivity (Wildman–Crippen MR) is 158 cm³/mol. The van der Waals surface area contributed by atoms with Crippen molar-refractivity contribution in [3.63, 3.8) is 0 Å². The molecule has 1 aromatic heterocycles. The number of nitrogens with zero attached hydrogens (tertiary/aromatic N) is 3. The van der Waals surface area contributed by atoms with Gasteiger partial charge in [0.2, 0.25) is 0 Å². The van der Waals surface area contributed by atoms with Gasteiger partial charge in [0.15, 0.2) is 0 Å². The topological polar surface area (TPSA) is 84.3 Å². The average molecular weight is 549 g/mol. The smallest absolute Gasteiger partial charge is 0.273 e. The van der Waals surface area contributed by atoms with E-state index in [4.69, 9.17) is 5.10 Å². The molecule has 1 N–H and O–H groups in total. The number of hydrogen-bond donors (Lipinski definition) is 1. The fourth-order valence-electron chi connectivity index (χ4n) is 8.61. The molecule has 4 bridgehead atoms. The number of carbonyl (C=O) groups is 3. The van der Waals surface area contributed by atoms with Crippen LogP contribution >= 0.6 is 0 Å². The van der Waals surface area contributed by atoms with Crippen molar-refractivity contribution >= 4 is 29.6 Å². The van der Waals surface area contributed by atoms with Crippen LogP contribution in [0.5, 0.6) is 0 Å². The Morgan fingerprint density at radius 3 is 2.12 bits per heavy atom. The minimum Gasteiger partial charge on any atom is -0.273 e. The van der Waals surface area contributed by atoms with Crippen LogP contribution in [0.2, 0.25) is 0 Å². The maximum atomic E-state index is 13.7. The van der Waals surface area contributed by atoms with Gasteiger partial charge in [-0.2, -0.15) is 5.10 Å². The third kappa shape index (κ3) is 4.16. The largest absolute Gasteiger partial charge is 0.335 e. The maximum Gasteiger partial charge on any atom is 0.335 e. The summed E-state index contributed by atoms with van der Waals surface area (Å²) in [6.45, 7) is 7.86. The summed E-state index contributed by atoms with van der Waals surface area (Å²) in [6.07, 6.45) is 9.45. The fourth-order valence-corrected chi connectivity index (χ4v) is 8.61. The van der Waals surface area contributed by atoms with E-state index < -0.39 is 17.8 Å². The molecule has 4 amide bonds. The van der Waals surface area contributed by atoms with Crippen LogP contribution in [0.15, 0.2) is 48.0 Å². The lowest BCUT2D eigenvalue weighted by molar-refractivity contribution is -0.122. The highest BCUT2D eigenvalue weighted by Crippen LogP contribution is 2.60. The maximum absolute atomic E-state index is 13.7. The summed E-state index contributed by atoms with van der Waals surface area (Å²) in [4.78, 5) is 40.6. The molecule has 0 spiro atoms. The second-order valence-electron chi connectivity index (χ2n) is 13.0. The molecule has 0 atom stereocenters. The van der Waals surface area contributed by atoms with Crippen molar-refractivity contribution in [2.45, 2.75) is 71.6 Å². The number of nitrogens with one attached hydrogen (secondary N) is 1. The van der Waals surface area contributed by atoms with Gasteiger partial charge < -0.3 is 0 Å². The summed E-state index contributed by atoms with van der Waals surface area (Å²) < 4.78 is 1.84. The molecule has 4 saturated carbocycles. The molecule has 7 heteroatoms. The summed E-state index contributed by atoms with van der Waals surface area (Å²) in [6, 6.07) is 13.4. The van der Waals surface area contributed by atoms with Crippen LogP contribution in [0.3, 0.4) is 0 Å². The first-order valence-electron chi connectivity index (χ1n) is 14.8. The van der Waals surface area contributed by atoms with Crippen molar-refractivity contribution in [2.75, 3.05) is 4.90 Å². The molecule has 3 aromatic rings. The quantitative estimate of drug-likeness (QED) is 0.309. The molecule has 1 aliphatic heterocycles. The number of hydrogen-bond acceptors (Lipinski definition) is 4. The molecule has 2 aromatic carbocycles. The van der Waals surface area contributed by atoms with Crippen molar-refractivity contribution in [1.82, 2.24) is 15.1 Å². The molecule has 5 fully saturated rings. The van der Waals surface area contributed by atoms with Crippen LogP contribution in [0.1, 0.15) is 72.2 Å². The van der Waals surface area contributed by atoms with Crippen LogP contribution in [0.4, 0.5) is 10.5 Å². The van der Waals surface area contributed by atoms with E-state index in [0.717, 1.165) is 45.2 Å². The highest BCUT2D eigenvalue weighted by atomic mass is 16.2. The standard InChI is InChI=1S/C34H36N4O3/c1-19-5-10-30(20(2)11-19)38-22(4)28(21(3)36-38)15-29-31(39)35-33(41)37(32(29)40)27-8-6-26(7-9-27)34-16-23-12-24(17-34)14-25(13-23)18-34/h5-11,15,23-25H,12-14,16-18H2,1-4H3,(H,35,39,41)/b29-15+. The summed E-state index contributed by atoms with van der Waals surface area (Å²) in [5, 5.41) is 7.09. The highest BCUT2D eigenvalue weighted by molar-refractivity contribution is 6.39. The molecular weight excluding hydrogens is 512 g/mol. The first-order chi connectivity index (χ1) is 19.6. The van der Waals surface area contributed by atoms with E-state index in [1.807, 2.05) is 56.6 Å². The van der Waals surface area contributed by atoms with Crippen molar-refractivity contribution in [2.24, 2.45) is 17.8 Å². The lowest BCUT2D eigenvalue weighted by Gasteiger charge is -2.57. The Bertz CT molecular complexity index is 1610. The summed E-state index contributed by atoms with van der Waals surface area (Å²) >= 11 is 0. The Morgan fingerprint density at radius 2 is 1.51 bits per heavy atom. The number of barbiturate groups is 1. The van der Waals surface area contributed by atoms with Gasteiger partial charge in [-0.15, -0.1) is 0 Å². The molecule has 5 aliphatic rings. The number of urea groups is 1.